The van der Waals surface area contributed by atoms with E-state index in [0.717, 1.165) is 17.7 Å². The topological polar surface area (TPSA) is 66.8 Å². The first-order valence-corrected chi connectivity index (χ1v) is 5.72. The summed E-state index contributed by atoms with van der Waals surface area (Å²) in [4.78, 5) is 10.3. The maximum Gasteiger partial charge on any atom is 0.303 e. The van der Waals surface area contributed by atoms with Gasteiger partial charge in [-0.05, 0) is 37.5 Å². The molecule has 0 aliphatic carbocycles. The van der Waals surface area contributed by atoms with Gasteiger partial charge in [0.25, 0.3) is 0 Å². The number of benzene rings is 1. The summed E-state index contributed by atoms with van der Waals surface area (Å²) in [7, 11) is 0. The maximum atomic E-state index is 10.3. The van der Waals surface area contributed by atoms with E-state index < -0.39 is 12.1 Å². The lowest BCUT2D eigenvalue weighted by molar-refractivity contribution is -0.137. The number of unbranched alkanes of at least 4 members (excludes halogenated alkanes) is 1. The van der Waals surface area contributed by atoms with Crippen LogP contribution in [0.3, 0.4) is 0 Å². The van der Waals surface area contributed by atoms with Crippen molar-refractivity contribution in [1.29, 1.82) is 0 Å². The Morgan fingerprint density at radius 3 is 2.47 bits per heavy atom. The van der Waals surface area contributed by atoms with Crippen LogP contribution in [0.2, 0.25) is 0 Å². The minimum absolute atomic E-state index is 0.185. The van der Waals surface area contributed by atoms with Gasteiger partial charge in [0.2, 0.25) is 0 Å². The minimum atomic E-state index is -0.772. The molecule has 0 aliphatic rings. The molecular weight excluding hydrogens is 220 g/mol. The number of rotatable bonds is 7. The Bertz CT molecular complexity index is 343. The average molecular weight is 238 g/mol. The molecule has 1 aromatic rings. The van der Waals surface area contributed by atoms with Gasteiger partial charge in [0.1, 0.15) is 5.75 Å². The molecular formula is C13H18O4. The van der Waals surface area contributed by atoms with Crippen molar-refractivity contribution in [3.05, 3.63) is 29.8 Å². The fraction of sp³-hybridized carbons (Fsp3) is 0.462. The van der Waals surface area contributed by atoms with Gasteiger partial charge in [-0.25, -0.2) is 0 Å². The molecule has 0 aromatic heterocycles. The van der Waals surface area contributed by atoms with Gasteiger partial charge in [-0.1, -0.05) is 12.1 Å². The molecule has 0 amide bonds. The van der Waals surface area contributed by atoms with Crippen molar-refractivity contribution in [2.75, 3.05) is 6.61 Å². The largest absolute Gasteiger partial charge is 0.494 e. The van der Waals surface area contributed by atoms with Gasteiger partial charge in [0.15, 0.2) is 0 Å². The molecule has 0 saturated heterocycles. The van der Waals surface area contributed by atoms with Crippen LogP contribution in [0.5, 0.6) is 5.75 Å². The van der Waals surface area contributed by atoms with E-state index in [4.69, 9.17) is 9.84 Å². The van der Waals surface area contributed by atoms with Gasteiger partial charge in [0.05, 0.1) is 12.7 Å². The molecule has 4 nitrogen and oxygen atoms in total. The number of aliphatic hydroxyl groups is 1. The van der Waals surface area contributed by atoms with Crippen molar-refractivity contribution >= 4 is 5.97 Å². The lowest BCUT2D eigenvalue weighted by Gasteiger charge is -2.08. The summed E-state index contributed by atoms with van der Waals surface area (Å²) in [6, 6.07) is 7.24. The molecule has 0 aliphatic heterocycles. The van der Waals surface area contributed by atoms with E-state index in [0.29, 0.717) is 13.0 Å². The Kier molecular flexibility index (Phi) is 5.49. The molecule has 1 aromatic carbocycles. The van der Waals surface area contributed by atoms with Crippen LogP contribution in [0.15, 0.2) is 24.3 Å². The Labute approximate surface area is 101 Å². The molecule has 94 valence electrons. The SMILES string of the molecule is CC(O)c1ccc(OCCCCC(=O)O)cc1. The first-order chi connectivity index (χ1) is 8.09. The highest BCUT2D eigenvalue weighted by atomic mass is 16.5. The van der Waals surface area contributed by atoms with Gasteiger partial charge >= 0.3 is 5.97 Å². The molecule has 0 heterocycles. The number of hydrogen-bond donors (Lipinski definition) is 2. The van der Waals surface area contributed by atoms with Gasteiger partial charge in [-0.3, -0.25) is 4.79 Å². The van der Waals surface area contributed by atoms with Crippen LogP contribution in [0.25, 0.3) is 0 Å². The van der Waals surface area contributed by atoms with E-state index in [9.17, 15) is 9.90 Å². The van der Waals surface area contributed by atoms with Crippen LogP contribution in [-0.4, -0.2) is 22.8 Å². The molecule has 17 heavy (non-hydrogen) atoms. The Morgan fingerprint density at radius 1 is 1.29 bits per heavy atom. The van der Waals surface area contributed by atoms with Crippen molar-refractivity contribution in [2.45, 2.75) is 32.3 Å². The minimum Gasteiger partial charge on any atom is -0.494 e. The Hall–Kier alpha value is -1.55. The first-order valence-electron chi connectivity index (χ1n) is 5.72. The molecule has 0 radical (unpaired) electrons. The molecule has 0 bridgehead atoms. The second kappa shape index (κ2) is 6.91. The summed E-state index contributed by atoms with van der Waals surface area (Å²) < 4.78 is 5.45. The third kappa shape index (κ3) is 5.36. The summed E-state index contributed by atoms with van der Waals surface area (Å²) in [5, 5.41) is 17.8. The smallest absolute Gasteiger partial charge is 0.303 e. The maximum absolute atomic E-state index is 10.3. The molecule has 1 rings (SSSR count). The number of carboxylic acids is 1. The second-order valence-electron chi connectivity index (χ2n) is 3.94. The van der Waals surface area contributed by atoms with Crippen LogP contribution in [0, 0.1) is 0 Å². The molecule has 1 unspecified atom stereocenters. The quantitative estimate of drug-likeness (QED) is 0.716. The highest BCUT2D eigenvalue weighted by Crippen LogP contribution is 2.17. The van der Waals surface area contributed by atoms with E-state index in [1.165, 1.54) is 0 Å². The van der Waals surface area contributed by atoms with E-state index in [1.807, 2.05) is 12.1 Å². The van der Waals surface area contributed by atoms with Crippen molar-refractivity contribution in [3.63, 3.8) is 0 Å². The number of ether oxygens (including phenoxy) is 1. The summed E-state index contributed by atoms with van der Waals surface area (Å²) in [6.07, 6.45) is 1.06. The Morgan fingerprint density at radius 2 is 1.94 bits per heavy atom. The predicted octanol–water partition coefficient (Wildman–Crippen LogP) is 2.37. The number of hydrogen-bond acceptors (Lipinski definition) is 3. The zero-order valence-electron chi connectivity index (χ0n) is 9.93. The van der Waals surface area contributed by atoms with E-state index in [-0.39, 0.29) is 6.42 Å². The number of carbonyl (C=O) groups is 1. The van der Waals surface area contributed by atoms with Gasteiger partial charge in [0, 0.05) is 6.42 Å². The van der Waals surface area contributed by atoms with E-state index >= 15 is 0 Å². The summed E-state index contributed by atoms with van der Waals surface area (Å²) >= 11 is 0. The van der Waals surface area contributed by atoms with Gasteiger partial charge in [-0.2, -0.15) is 0 Å². The lowest BCUT2D eigenvalue weighted by atomic mass is 10.1. The zero-order valence-corrected chi connectivity index (χ0v) is 9.93. The normalized spacial score (nSPS) is 12.1. The van der Waals surface area contributed by atoms with Gasteiger partial charge < -0.3 is 14.9 Å². The number of aliphatic hydroxyl groups excluding tert-OH is 1. The highest BCUT2D eigenvalue weighted by molar-refractivity contribution is 5.66. The van der Waals surface area contributed by atoms with E-state index in [1.54, 1.807) is 19.1 Å². The van der Waals surface area contributed by atoms with Crippen LogP contribution in [0.1, 0.15) is 37.9 Å². The fourth-order valence-corrected chi connectivity index (χ4v) is 1.41. The average Bonchev–Trinajstić information content (AvgIpc) is 2.29. The summed E-state index contributed by atoms with van der Waals surface area (Å²) in [6.45, 7) is 2.23. The van der Waals surface area contributed by atoms with Crippen LogP contribution < -0.4 is 4.74 Å². The first kappa shape index (κ1) is 13.5. The van der Waals surface area contributed by atoms with Crippen molar-refractivity contribution in [1.82, 2.24) is 0 Å². The molecule has 0 saturated carbocycles. The van der Waals surface area contributed by atoms with Crippen LogP contribution in [-0.2, 0) is 4.79 Å². The monoisotopic (exact) mass is 238 g/mol. The van der Waals surface area contributed by atoms with Crippen LogP contribution in [0.4, 0.5) is 0 Å². The Balaban J connectivity index is 2.25. The summed E-state index contributed by atoms with van der Waals surface area (Å²) in [5.41, 5.74) is 0.850. The zero-order chi connectivity index (χ0) is 12.7. The van der Waals surface area contributed by atoms with Crippen molar-refractivity contribution in [2.24, 2.45) is 0 Å². The second-order valence-corrected chi connectivity index (χ2v) is 3.94. The molecule has 0 fully saturated rings. The number of carboxylic acid groups (broad SMARTS) is 1. The highest BCUT2D eigenvalue weighted by Gasteiger charge is 2.01. The van der Waals surface area contributed by atoms with E-state index in [2.05, 4.69) is 0 Å². The van der Waals surface area contributed by atoms with Gasteiger partial charge in [-0.15, -0.1) is 0 Å². The molecule has 0 spiro atoms. The lowest BCUT2D eigenvalue weighted by Crippen LogP contribution is -2.00. The number of aliphatic carboxylic acids is 1. The molecule has 1 atom stereocenters. The summed E-state index contributed by atoms with van der Waals surface area (Å²) in [5.74, 6) is -0.0315. The fourth-order valence-electron chi connectivity index (χ4n) is 1.41. The third-order valence-electron chi connectivity index (χ3n) is 2.42. The molecule has 2 N–H and O–H groups in total. The molecule has 4 heteroatoms. The van der Waals surface area contributed by atoms with Crippen LogP contribution >= 0.6 is 0 Å². The standard InChI is InChI=1S/C13H18O4/c1-10(14)11-5-7-12(8-6-11)17-9-3-2-4-13(15)16/h5-8,10,14H,2-4,9H2,1H3,(H,15,16). The third-order valence-corrected chi connectivity index (χ3v) is 2.42. The van der Waals surface area contributed by atoms with Crippen molar-refractivity contribution in [3.8, 4) is 5.75 Å². The van der Waals surface area contributed by atoms with Crippen molar-refractivity contribution < 1.29 is 19.7 Å². The predicted molar refractivity (Wildman–Crippen MR) is 64.1 cm³/mol.